The summed E-state index contributed by atoms with van der Waals surface area (Å²) in [7, 11) is 1.53. The van der Waals surface area contributed by atoms with E-state index in [9.17, 15) is 86.8 Å². The molecule has 6 saturated heterocycles. The Morgan fingerprint density at radius 1 is 0.529 bits per heavy atom. The predicted octanol–water partition coefficient (Wildman–Crippen LogP) is -6.68. The van der Waals surface area contributed by atoms with Gasteiger partial charge in [-0.2, -0.15) is 0 Å². The molecule has 10 fully saturated rings. The Balaban J connectivity index is 0.745. The molecule has 0 aromatic heterocycles. The number of ether oxygens (including phenoxy) is 12. The topological polar surface area (TPSA) is 467 Å². The van der Waals surface area contributed by atoms with Crippen molar-refractivity contribution >= 4 is 5.71 Å². The minimum absolute atomic E-state index is 0.00847. The normalized spacial score (nSPS) is 56.1. The third-order valence-electron chi connectivity index (χ3n) is 22.3. The van der Waals surface area contributed by atoms with Crippen LogP contribution in [0.1, 0.15) is 78.6 Å². The zero-order chi connectivity index (χ0) is 62.6. The molecule has 7 heterocycles. The fourth-order valence-electron chi connectivity index (χ4n) is 17.7. The van der Waals surface area contributed by atoms with Crippen molar-refractivity contribution in [3.8, 4) is 0 Å². The molecule has 0 bridgehead atoms. The maximum absolute atomic E-state index is 12.9. The van der Waals surface area contributed by atoms with Gasteiger partial charge in [-0.3, -0.25) is 4.99 Å². The van der Waals surface area contributed by atoms with Crippen molar-refractivity contribution in [1.82, 2.24) is 0 Å². The lowest BCUT2D eigenvalue weighted by Gasteiger charge is -2.62. The number of hydrogen-bond acceptors (Lipinski definition) is 30. The fraction of sp³-hybridized carbons (Fsp3) is 0.982. The van der Waals surface area contributed by atoms with Crippen LogP contribution in [0.5, 0.6) is 0 Å². The SMILES string of the molecule is CO[C@@]12C[C@H](CO[C@H]3O[C@@H](CO)[C@H](O)[C@@H](O)[C@@H]3O)CN=C1[C@@](C)(O)[C@H]1[C@H](C[C@@H]3[C@H]4CC[C@H]5C[C@H](O[C@@H]6O[C@H](CO)[C@@H](O[C@H]7O[C@@H](CO)[C@H](O)[C@@H](O[C@H]8OC[C@H](O)[C@@H](O)[C@@H]8O)[C@@H]7O[C@H]7O[C@@H](CO)[C@H](O)[C@@H](O)[C@@H]7O)[C@H](O)[C@H]6O)CC[C@]5(C)[C@H]4CC[C@@]31C)O2. The van der Waals surface area contributed by atoms with Gasteiger partial charge in [0, 0.05) is 31.9 Å². The lowest BCUT2D eigenvalue weighted by atomic mass is 9.44. The Morgan fingerprint density at radius 3 is 1.76 bits per heavy atom. The number of aliphatic imine (C=N–C) groups is 1. The van der Waals surface area contributed by atoms with E-state index in [0.717, 1.165) is 32.1 Å². The number of methoxy groups -OCH3 is 1. The largest absolute Gasteiger partial charge is 0.394 e. The molecule has 7 aliphatic heterocycles. The number of rotatable bonds is 16. The van der Waals surface area contributed by atoms with Crippen LogP contribution in [-0.4, -0.2) is 317 Å². The van der Waals surface area contributed by atoms with E-state index in [1.807, 2.05) is 6.92 Å². The second-order valence-corrected chi connectivity index (χ2v) is 27.2. The summed E-state index contributed by atoms with van der Waals surface area (Å²) >= 11 is 0. The summed E-state index contributed by atoms with van der Waals surface area (Å²) in [4.78, 5) is 4.96. The molecule has 0 spiro atoms. The Bertz CT molecular complexity index is 2340. The van der Waals surface area contributed by atoms with E-state index in [-0.39, 0.29) is 60.2 Å². The predicted molar refractivity (Wildman–Crippen MR) is 286 cm³/mol. The molecule has 0 aromatic carbocycles. The van der Waals surface area contributed by atoms with Crippen LogP contribution in [0.15, 0.2) is 4.99 Å². The standard InChI is InChI=1S/C57H93NO29/c1-54-9-7-23(11-22(54)5-6-24-25(54)8-10-55(2)26(24)12-28-47(55)56(3,75)53-57(76-4,87-28)13-21(14-58-53)19-77-48-41(72)37(68)34(65)29(15-59)80-48)79-50-43(74)39(70)44(32(18-62)83-50)84-52-46(86-51-42(73)38(69)35(66)30(16-60)81-51)45(36(67)31(17-61)82-52)85-49-40(71)33(64)27(63)20-78-49/h21-52,59-75H,5-20H2,1-4H3/t21-,22-,23+,24-,25-,26+,27-,28-,29-,30-,31-,32+,33+,34-,35-,36-,37+,38+,39+,40-,41-,42-,43+,44+,45+,46-,47-,48-,49+,50+,51+,52+,54-,55-,56-,57+/m0/s1. The van der Waals surface area contributed by atoms with Gasteiger partial charge in [-0.1, -0.05) is 13.8 Å². The van der Waals surface area contributed by atoms with Gasteiger partial charge in [0.2, 0.25) is 5.79 Å². The first-order valence-electron chi connectivity index (χ1n) is 30.9. The van der Waals surface area contributed by atoms with Crippen LogP contribution in [0.3, 0.4) is 0 Å². The zero-order valence-corrected chi connectivity index (χ0v) is 49.2. The molecule has 11 aliphatic rings. The van der Waals surface area contributed by atoms with E-state index in [0.29, 0.717) is 36.8 Å². The second-order valence-electron chi connectivity index (χ2n) is 27.2. The van der Waals surface area contributed by atoms with E-state index in [4.69, 9.17) is 61.8 Å². The van der Waals surface area contributed by atoms with Crippen LogP contribution in [-0.2, 0) is 56.8 Å². The van der Waals surface area contributed by atoms with Crippen molar-refractivity contribution < 1.29 is 144 Å². The van der Waals surface area contributed by atoms with Gasteiger partial charge in [0.25, 0.3) is 0 Å². The van der Waals surface area contributed by atoms with Crippen molar-refractivity contribution in [1.29, 1.82) is 0 Å². The Morgan fingerprint density at radius 2 is 1.09 bits per heavy atom. The van der Waals surface area contributed by atoms with Gasteiger partial charge in [-0.05, 0) is 92.8 Å². The van der Waals surface area contributed by atoms with Gasteiger partial charge in [0.1, 0.15) is 127 Å². The molecule has 11 rings (SSSR count). The van der Waals surface area contributed by atoms with Gasteiger partial charge < -0.3 is 144 Å². The highest BCUT2D eigenvalue weighted by Crippen LogP contribution is 2.70. The molecule has 87 heavy (non-hydrogen) atoms. The minimum Gasteiger partial charge on any atom is -0.394 e. The molecular formula is C57H93NO29. The average Bonchev–Trinajstić information content (AvgIpc) is 1.59. The average molecular weight is 1260 g/mol. The van der Waals surface area contributed by atoms with E-state index >= 15 is 0 Å². The molecule has 500 valence electrons. The lowest BCUT2D eigenvalue weighted by Crippen LogP contribution is -2.69. The number of aliphatic hydroxyl groups excluding tert-OH is 16. The summed E-state index contributed by atoms with van der Waals surface area (Å²) < 4.78 is 72.8. The maximum Gasteiger partial charge on any atom is 0.211 e. The quantitative estimate of drug-likeness (QED) is 0.0639. The van der Waals surface area contributed by atoms with Crippen molar-refractivity contribution in [2.24, 2.45) is 51.3 Å². The highest BCUT2D eigenvalue weighted by molar-refractivity contribution is 6.00. The van der Waals surface area contributed by atoms with Crippen LogP contribution in [0.2, 0.25) is 0 Å². The van der Waals surface area contributed by atoms with Gasteiger partial charge in [-0.25, -0.2) is 0 Å². The highest BCUT2D eigenvalue weighted by Gasteiger charge is 2.72. The van der Waals surface area contributed by atoms with Gasteiger partial charge in [0.05, 0.1) is 51.8 Å². The summed E-state index contributed by atoms with van der Waals surface area (Å²) in [6.07, 6.45) is -35.3. The molecular weight excluding hydrogens is 1160 g/mol. The Kier molecular flexibility index (Phi) is 20.0. The molecule has 17 N–H and O–H groups in total. The number of nitrogens with zero attached hydrogens (tertiary/aromatic N) is 1. The minimum atomic E-state index is -2.04. The van der Waals surface area contributed by atoms with Crippen LogP contribution < -0.4 is 0 Å². The molecule has 0 radical (unpaired) electrons. The summed E-state index contributed by atoms with van der Waals surface area (Å²) in [6, 6.07) is 0. The van der Waals surface area contributed by atoms with E-state index in [1.165, 1.54) is 7.11 Å². The number of hydrogen-bond donors (Lipinski definition) is 17. The van der Waals surface area contributed by atoms with Gasteiger partial charge >= 0.3 is 0 Å². The third kappa shape index (κ3) is 11.7. The molecule has 0 amide bonds. The van der Waals surface area contributed by atoms with E-state index in [1.54, 1.807) is 0 Å². The third-order valence-corrected chi connectivity index (χ3v) is 22.3. The molecule has 4 aliphatic carbocycles. The van der Waals surface area contributed by atoms with Gasteiger partial charge in [-0.15, -0.1) is 0 Å². The molecule has 30 nitrogen and oxygen atoms in total. The van der Waals surface area contributed by atoms with Crippen molar-refractivity contribution in [3.63, 3.8) is 0 Å². The number of fused-ring (bicyclic) bond motifs is 8. The maximum atomic E-state index is 12.9. The smallest absolute Gasteiger partial charge is 0.211 e. The monoisotopic (exact) mass is 1260 g/mol. The lowest BCUT2D eigenvalue weighted by molar-refractivity contribution is -0.404. The second kappa shape index (κ2) is 26.0. The molecule has 0 unspecified atom stereocenters. The first kappa shape index (κ1) is 66.9. The molecule has 4 saturated carbocycles. The van der Waals surface area contributed by atoms with Crippen LogP contribution in [0.4, 0.5) is 0 Å². The first-order chi connectivity index (χ1) is 41.3. The Hall–Kier alpha value is -1.49. The fourth-order valence-corrected chi connectivity index (χ4v) is 17.7. The zero-order valence-electron chi connectivity index (χ0n) is 49.2. The molecule has 30 heteroatoms. The van der Waals surface area contributed by atoms with Crippen LogP contribution >= 0.6 is 0 Å². The van der Waals surface area contributed by atoms with Crippen LogP contribution in [0, 0.1) is 46.3 Å². The van der Waals surface area contributed by atoms with Crippen LogP contribution in [0.25, 0.3) is 0 Å². The molecule has 36 atom stereocenters. The van der Waals surface area contributed by atoms with Gasteiger partial charge in [0.15, 0.2) is 31.5 Å². The Labute approximate surface area is 502 Å². The molecule has 0 aromatic rings. The first-order valence-corrected chi connectivity index (χ1v) is 30.9. The summed E-state index contributed by atoms with van der Waals surface area (Å²) in [5, 5.41) is 184. The van der Waals surface area contributed by atoms with E-state index < -0.39 is 198 Å². The van der Waals surface area contributed by atoms with E-state index in [2.05, 4.69) is 13.8 Å². The summed E-state index contributed by atoms with van der Waals surface area (Å²) in [5.41, 5.74) is -1.40. The van der Waals surface area contributed by atoms with Crippen molar-refractivity contribution in [2.45, 2.75) is 250 Å². The highest BCUT2D eigenvalue weighted by atomic mass is 16.8. The van der Waals surface area contributed by atoms with Crippen molar-refractivity contribution in [2.75, 3.05) is 53.3 Å². The summed E-state index contributed by atoms with van der Waals surface area (Å²) in [6.45, 7) is 2.99. The summed E-state index contributed by atoms with van der Waals surface area (Å²) in [5.74, 6) is -0.972. The number of aliphatic hydroxyl groups is 17. The van der Waals surface area contributed by atoms with Crippen molar-refractivity contribution in [3.05, 3.63) is 0 Å².